The zero-order chi connectivity index (χ0) is 12.1. The second kappa shape index (κ2) is 5.88. The highest BCUT2D eigenvalue weighted by Crippen LogP contribution is 2.44. The van der Waals surface area contributed by atoms with Crippen LogP contribution in [-0.2, 0) is 0 Å². The first-order valence-electron chi connectivity index (χ1n) is 6.63. The lowest BCUT2D eigenvalue weighted by Crippen LogP contribution is -2.26. The van der Waals surface area contributed by atoms with Crippen LogP contribution in [0, 0.1) is 11.8 Å². The van der Waals surface area contributed by atoms with Crippen molar-refractivity contribution >= 4 is 30.5 Å². The number of anilines is 1. The van der Waals surface area contributed by atoms with E-state index in [1.54, 1.807) is 0 Å². The van der Waals surface area contributed by atoms with E-state index in [-0.39, 0.29) is 24.8 Å². The quantitative estimate of drug-likeness (QED) is 0.793. The van der Waals surface area contributed by atoms with Gasteiger partial charge in [-0.1, -0.05) is 6.07 Å². The van der Waals surface area contributed by atoms with Crippen LogP contribution in [0.15, 0.2) is 18.2 Å². The molecule has 112 valence electrons. The summed E-state index contributed by atoms with van der Waals surface area (Å²) in [6, 6.07) is 6.19. The molecule has 0 aromatic heterocycles. The largest absolute Gasteiger partial charge is 0.454 e. The average molecular weight is 319 g/mol. The zero-order valence-corrected chi connectivity index (χ0v) is 13.1. The fourth-order valence-corrected chi connectivity index (χ4v) is 3.59. The molecule has 3 heterocycles. The number of para-hydroxylation sites is 1. The second-order valence-electron chi connectivity index (χ2n) is 5.66. The lowest BCUT2D eigenvalue weighted by molar-refractivity contribution is 0.174. The summed E-state index contributed by atoms with van der Waals surface area (Å²) in [6.07, 6.45) is 0. The highest BCUT2D eigenvalue weighted by Gasteiger charge is 2.39. The summed E-state index contributed by atoms with van der Waals surface area (Å²) in [7, 11) is 2.22. The van der Waals surface area contributed by atoms with Gasteiger partial charge in [0.25, 0.3) is 0 Å². The fraction of sp³-hybridized carbons (Fsp3) is 0.571. The van der Waals surface area contributed by atoms with Crippen molar-refractivity contribution in [1.29, 1.82) is 0 Å². The van der Waals surface area contributed by atoms with Crippen LogP contribution in [0.4, 0.5) is 5.69 Å². The SMILES string of the molecule is CN1CC2CN(c3cccc4c3OCO4)CC2C1.Cl.Cl. The normalized spacial score (nSPS) is 26.9. The van der Waals surface area contributed by atoms with Gasteiger partial charge in [0.05, 0.1) is 5.69 Å². The molecule has 2 saturated heterocycles. The Morgan fingerprint density at radius 2 is 1.70 bits per heavy atom. The molecule has 1 aromatic carbocycles. The highest BCUT2D eigenvalue weighted by molar-refractivity contribution is 5.85. The van der Waals surface area contributed by atoms with Crippen LogP contribution in [-0.4, -0.2) is 44.9 Å². The van der Waals surface area contributed by atoms with Crippen LogP contribution in [0.2, 0.25) is 0 Å². The lowest BCUT2D eigenvalue weighted by Gasteiger charge is -2.22. The van der Waals surface area contributed by atoms with Gasteiger partial charge in [0.1, 0.15) is 0 Å². The first-order valence-corrected chi connectivity index (χ1v) is 6.63. The molecule has 2 unspecified atom stereocenters. The van der Waals surface area contributed by atoms with E-state index < -0.39 is 0 Å². The van der Waals surface area contributed by atoms with Crippen molar-refractivity contribution in [3.63, 3.8) is 0 Å². The van der Waals surface area contributed by atoms with E-state index in [4.69, 9.17) is 9.47 Å². The number of hydrogen-bond donors (Lipinski definition) is 0. The maximum atomic E-state index is 5.61. The van der Waals surface area contributed by atoms with E-state index in [9.17, 15) is 0 Å². The van der Waals surface area contributed by atoms with Crippen LogP contribution in [0.1, 0.15) is 0 Å². The van der Waals surface area contributed by atoms with Crippen LogP contribution in [0.25, 0.3) is 0 Å². The van der Waals surface area contributed by atoms with E-state index in [0.717, 1.165) is 36.4 Å². The van der Waals surface area contributed by atoms with Gasteiger partial charge in [-0.15, -0.1) is 24.8 Å². The van der Waals surface area contributed by atoms with Crippen molar-refractivity contribution in [1.82, 2.24) is 4.90 Å². The Labute approximate surface area is 131 Å². The third-order valence-electron chi connectivity index (χ3n) is 4.39. The third kappa shape index (κ3) is 2.41. The van der Waals surface area contributed by atoms with Gasteiger partial charge in [-0.2, -0.15) is 0 Å². The minimum absolute atomic E-state index is 0. The smallest absolute Gasteiger partial charge is 0.231 e. The Hall–Kier alpha value is -0.840. The summed E-state index contributed by atoms with van der Waals surface area (Å²) in [5.74, 6) is 3.45. The molecular formula is C14H20Cl2N2O2. The van der Waals surface area contributed by atoms with Crippen LogP contribution < -0.4 is 14.4 Å². The molecule has 2 fully saturated rings. The molecule has 0 N–H and O–H groups in total. The molecule has 0 radical (unpaired) electrons. The zero-order valence-electron chi connectivity index (χ0n) is 11.4. The number of rotatable bonds is 1. The van der Waals surface area contributed by atoms with Gasteiger partial charge in [0, 0.05) is 26.2 Å². The van der Waals surface area contributed by atoms with E-state index in [0.29, 0.717) is 6.79 Å². The van der Waals surface area contributed by atoms with E-state index >= 15 is 0 Å². The van der Waals surface area contributed by atoms with E-state index in [2.05, 4.69) is 29.0 Å². The monoisotopic (exact) mass is 318 g/mol. The summed E-state index contributed by atoms with van der Waals surface area (Å²) < 4.78 is 11.1. The number of benzene rings is 1. The maximum absolute atomic E-state index is 5.61. The van der Waals surface area contributed by atoms with Gasteiger partial charge < -0.3 is 19.3 Å². The first-order chi connectivity index (χ1) is 8.81. The van der Waals surface area contributed by atoms with Gasteiger partial charge in [-0.3, -0.25) is 0 Å². The lowest BCUT2D eigenvalue weighted by atomic mass is 10.0. The van der Waals surface area contributed by atoms with Crippen LogP contribution in [0.3, 0.4) is 0 Å². The molecule has 0 bridgehead atoms. The van der Waals surface area contributed by atoms with Crippen molar-refractivity contribution in [2.24, 2.45) is 11.8 Å². The molecule has 0 saturated carbocycles. The van der Waals surface area contributed by atoms with Crippen LogP contribution in [0.5, 0.6) is 11.5 Å². The molecule has 2 atom stereocenters. The molecule has 1 aromatic rings. The Morgan fingerprint density at radius 1 is 1.00 bits per heavy atom. The molecule has 3 aliphatic heterocycles. The molecule has 4 rings (SSSR count). The third-order valence-corrected chi connectivity index (χ3v) is 4.39. The van der Waals surface area contributed by atoms with Gasteiger partial charge in [-0.05, 0) is 31.0 Å². The number of nitrogens with zero attached hydrogens (tertiary/aromatic N) is 2. The van der Waals surface area contributed by atoms with Crippen molar-refractivity contribution < 1.29 is 9.47 Å². The minimum Gasteiger partial charge on any atom is -0.454 e. The number of halogens is 2. The molecule has 0 aliphatic carbocycles. The number of fused-ring (bicyclic) bond motifs is 2. The van der Waals surface area contributed by atoms with Gasteiger partial charge in [0.2, 0.25) is 6.79 Å². The van der Waals surface area contributed by atoms with E-state index in [1.165, 1.54) is 18.8 Å². The summed E-state index contributed by atoms with van der Waals surface area (Å²) in [4.78, 5) is 4.91. The fourth-order valence-electron chi connectivity index (χ4n) is 3.59. The van der Waals surface area contributed by atoms with Gasteiger partial charge in [0.15, 0.2) is 11.5 Å². The average Bonchev–Trinajstić information content (AvgIpc) is 3.00. The number of ether oxygens (including phenoxy) is 2. The number of hydrogen-bond acceptors (Lipinski definition) is 4. The maximum Gasteiger partial charge on any atom is 0.231 e. The van der Waals surface area contributed by atoms with Gasteiger partial charge in [-0.25, -0.2) is 0 Å². The Kier molecular flexibility index (Phi) is 4.57. The summed E-state index contributed by atoms with van der Waals surface area (Å²) in [5.41, 5.74) is 1.21. The standard InChI is InChI=1S/C14H18N2O2.2ClH/c1-15-5-10-7-16(8-11(10)6-15)12-3-2-4-13-14(12)18-9-17-13;;/h2-4,10-11H,5-9H2,1H3;2*1H. The summed E-state index contributed by atoms with van der Waals surface area (Å²) in [6.45, 7) is 5.11. The van der Waals surface area contributed by atoms with E-state index in [1.807, 2.05) is 6.07 Å². The van der Waals surface area contributed by atoms with Crippen molar-refractivity contribution in [2.75, 3.05) is 44.9 Å². The number of likely N-dealkylation sites (tertiary alicyclic amines) is 1. The van der Waals surface area contributed by atoms with Crippen molar-refractivity contribution in [3.05, 3.63) is 18.2 Å². The summed E-state index contributed by atoms with van der Waals surface area (Å²) in [5, 5.41) is 0. The molecular weight excluding hydrogens is 299 g/mol. The molecule has 4 nitrogen and oxygen atoms in total. The molecule has 0 amide bonds. The Bertz CT molecular complexity index is 472. The Morgan fingerprint density at radius 3 is 2.40 bits per heavy atom. The van der Waals surface area contributed by atoms with Crippen molar-refractivity contribution in [2.45, 2.75) is 0 Å². The topological polar surface area (TPSA) is 24.9 Å². The second-order valence-corrected chi connectivity index (χ2v) is 5.66. The molecule has 6 heteroatoms. The van der Waals surface area contributed by atoms with Crippen LogP contribution >= 0.6 is 24.8 Å². The molecule has 0 spiro atoms. The highest BCUT2D eigenvalue weighted by atomic mass is 35.5. The molecule has 20 heavy (non-hydrogen) atoms. The minimum atomic E-state index is 0. The summed E-state index contributed by atoms with van der Waals surface area (Å²) >= 11 is 0. The van der Waals surface area contributed by atoms with Gasteiger partial charge >= 0.3 is 0 Å². The van der Waals surface area contributed by atoms with Crippen molar-refractivity contribution in [3.8, 4) is 11.5 Å². The Balaban J connectivity index is 0.000000735. The predicted molar refractivity (Wildman–Crippen MR) is 83.8 cm³/mol. The first kappa shape index (κ1) is 15.5. The molecule has 3 aliphatic rings. The predicted octanol–water partition coefficient (Wildman–Crippen LogP) is 2.26.